The van der Waals surface area contributed by atoms with Crippen LogP contribution in [0.15, 0.2) is 42.7 Å². The Morgan fingerprint density at radius 3 is 2.67 bits per heavy atom. The first-order chi connectivity index (χ1) is 14.4. The summed E-state index contributed by atoms with van der Waals surface area (Å²) in [4.78, 5) is 27.4. The molecule has 7 nitrogen and oxygen atoms in total. The van der Waals surface area contributed by atoms with Gasteiger partial charge in [-0.25, -0.2) is 23.5 Å². The molecule has 0 aliphatic carbocycles. The van der Waals surface area contributed by atoms with E-state index in [0.29, 0.717) is 18.4 Å². The van der Waals surface area contributed by atoms with Crippen LogP contribution in [0.25, 0.3) is 10.6 Å². The van der Waals surface area contributed by atoms with Crippen molar-refractivity contribution >= 4 is 29.2 Å². The van der Waals surface area contributed by atoms with Crippen molar-refractivity contribution in [3.63, 3.8) is 0 Å². The van der Waals surface area contributed by atoms with E-state index in [1.807, 2.05) is 13.8 Å². The van der Waals surface area contributed by atoms with Crippen LogP contribution in [0.1, 0.15) is 36.8 Å². The minimum Gasteiger partial charge on any atom is -0.447 e. The molecule has 10 heteroatoms. The van der Waals surface area contributed by atoms with E-state index in [4.69, 9.17) is 4.74 Å². The molecule has 0 spiro atoms. The molecule has 2 atom stereocenters. The Hall–Kier alpha value is -3.14. The van der Waals surface area contributed by atoms with Gasteiger partial charge in [0.25, 0.3) is 6.43 Å². The van der Waals surface area contributed by atoms with Crippen molar-refractivity contribution in [1.29, 1.82) is 0 Å². The third-order valence-corrected chi connectivity index (χ3v) is 5.91. The van der Waals surface area contributed by atoms with Crippen LogP contribution in [0.3, 0.4) is 0 Å². The van der Waals surface area contributed by atoms with Gasteiger partial charge in [0.1, 0.15) is 17.4 Å². The van der Waals surface area contributed by atoms with Crippen molar-refractivity contribution < 1.29 is 18.3 Å². The number of carbonyl (C=O) groups is 1. The van der Waals surface area contributed by atoms with Crippen LogP contribution in [0.4, 0.5) is 25.3 Å². The maximum atomic E-state index is 12.7. The van der Waals surface area contributed by atoms with Gasteiger partial charge in [0.15, 0.2) is 0 Å². The maximum absolute atomic E-state index is 12.7. The van der Waals surface area contributed by atoms with Crippen molar-refractivity contribution in [2.75, 3.05) is 16.8 Å². The standard InChI is InChI=1S/C20H19F2N5O2S/c1-11-10-29-20(28)27(11)16-7-8-23-19(26-16)25-12(2)15-9-24-18(30-15)14-5-3-13(4-6-14)17(21)22/h3-9,11-12,17H,10H2,1-2H3,(H,23,25,26)/t11-,12-/m0/s1. The van der Waals surface area contributed by atoms with Gasteiger partial charge in [-0.15, -0.1) is 11.3 Å². The number of amides is 1. The summed E-state index contributed by atoms with van der Waals surface area (Å²) in [6.07, 6.45) is 0.405. The molecule has 1 aliphatic rings. The Labute approximate surface area is 175 Å². The number of aromatic nitrogens is 3. The lowest BCUT2D eigenvalue weighted by atomic mass is 10.1. The molecule has 1 aliphatic heterocycles. The number of hydrogen-bond donors (Lipinski definition) is 1. The normalized spacial score (nSPS) is 17.3. The van der Waals surface area contributed by atoms with E-state index in [0.717, 1.165) is 15.4 Å². The average Bonchev–Trinajstić information content (AvgIpc) is 3.35. The molecule has 1 aromatic carbocycles. The molecule has 1 fully saturated rings. The highest BCUT2D eigenvalue weighted by Crippen LogP contribution is 2.31. The Kier molecular flexibility index (Phi) is 5.58. The summed E-state index contributed by atoms with van der Waals surface area (Å²) in [6, 6.07) is 7.52. The van der Waals surface area contributed by atoms with E-state index < -0.39 is 12.5 Å². The summed E-state index contributed by atoms with van der Waals surface area (Å²) in [7, 11) is 0. The van der Waals surface area contributed by atoms with E-state index in [1.54, 1.807) is 30.6 Å². The number of alkyl halides is 2. The minimum atomic E-state index is -2.49. The van der Waals surface area contributed by atoms with Crippen molar-refractivity contribution in [2.24, 2.45) is 0 Å². The van der Waals surface area contributed by atoms with Gasteiger partial charge in [0.2, 0.25) is 5.95 Å². The van der Waals surface area contributed by atoms with E-state index in [-0.39, 0.29) is 17.6 Å². The molecule has 156 valence electrons. The van der Waals surface area contributed by atoms with Crippen molar-refractivity contribution in [3.8, 4) is 10.6 Å². The van der Waals surface area contributed by atoms with Crippen LogP contribution in [0.5, 0.6) is 0 Å². The number of nitrogens with zero attached hydrogens (tertiary/aromatic N) is 4. The fourth-order valence-corrected chi connectivity index (χ4v) is 3.97. The first-order valence-corrected chi connectivity index (χ1v) is 10.1. The molecule has 1 N–H and O–H groups in total. The van der Waals surface area contributed by atoms with E-state index in [1.165, 1.54) is 28.4 Å². The molecule has 3 heterocycles. The molecule has 0 unspecified atom stereocenters. The second-order valence-corrected chi connectivity index (χ2v) is 7.95. The van der Waals surface area contributed by atoms with Gasteiger partial charge in [-0.2, -0.15) is 4.98 Å². The number of nitrogens with one attached hydrogen (secondary N) is 1. The number of benzene rings is 1. The molecule has 0 bridgehead atoms. The van der Waals surface area contributed by atoms with E-state index in [9.17, 15) is 13.6 Å². The Morgan fingerprint density at radius 2 is 2.00 bits per heavy atom. The lowest BCUT2D eigenvalue weighted by Crippen LogP contribution is -2.31. The van der Waals surface area contributed by atoms with Crippen molar-refractivity contribution in [2.45, 2.75) is 32.4 Å². The zero-order valence-electron chi connectivity index (χ0n) is 16.3. The number of halogens is 2. The molecule has 0 saturated carbocycles. The first kappa shape index (κ1) is 20.1. The molecule has 2 aromatic heterocycles. The highest BCUT2D eigenvalue weighted by atomic mass is 32.1. The van der Waals surface area contributed by atoms with Crippen LogP contribution in [0.2, 0.25) is 0 Å². The zero-order chi connectivity index (χ0) is 21.3. The summed E-state index contributed by atoms with van der Waals surface area (Å²) in [6.45, 7) is 4.15. The fourth-order valence-electron chi connectivity index (χ4n) is 3.04. The molecular weight excluding hydrogens is 412 g/mol. The fraction of sp³-hybridized carbons (Fsp3) is 0.300. The third kappa shape index (κ3) is 4.09. The van der Waals surface area contributed by atoms with Crippen LogP contribution in [-0.4, -0.2) is 33.7 Å². The number of anilines is 2. The van der Waals surface area contributed by atoms with Gasteiger partial charge in [-0.1, -0.05) is 24.3 Å². The third-order valence-electron chi connectivity index (χ3n) is 4.68. The Morgan fingerprint density at radius 1 is 1.23 bits per heavy atom. The van der Waals surface area contributed by atoms with Gasteiger partial charge < -0.3 is 10.1 Å². The maximum Gasteiger partial charge on any atom is 0.415 e. The predicted octanol–water partition coefficient (Wildman–Crippen LogP) is 5.06. The molecule has 1 amide bonds. The Balaban J connectivity index is 1.48. The summed E-state index contributed by atoms with van der Waals surface area (Å²) < 4.78 is 30.5. The molecular formula is C20H19F2N5O2S. The van der Waals surface area contributed by atoms with E-state index >= 15 is 0 Å². The summed E-state index contributed by atoms with van der Waals surface area (Å²) >= 11 is 1.46. The topological polar surface area (TPSA) is 80.2 Å². The van der Waals surface area contributed by atoms with Crippen LogP contribution >= 0.6 is 11.3 Å². The second-order valence-electron chi connectivity index (χ2n) is 6.89. The Bertz CT molecular complexity index is 1040. The van der Waals surface area contributed by atoms with Crippen molar-refractivity contribution in [1.82, 2.24) is 15.0 Å². The molecule has 1 saturated heterocycles. The number of ether oxygens (including phenoxy) is 1. The number of rotatable bonds is 6. The largest absolute Gasteiger partial charge is 0.447 e. The van der Waals surface area contributed by atoms with Crippen LogP contribution < -0.4 is 10.2 Å². The quantitative estimate of drug-likeness (QED) is 0.588. The van der Waals surface area contributed by atoms with Crippen LogP contribution in [-0.2, 0) is 4.74 Å². The number of thiazole rings is 1. The zero-order valence-corrected chi connectivity index (χ0v) is 17.1. The van der Waals surface area contributed by atoms with Gasteiger partial charge in [-0.3, -0.25) is 4.90 Å². The summed E-state index contributed by atoms with van der Waals surface area (Å²) in [5, 5.41) is 3.95. The monoisotopic (exact) mass is 431 g/mol. The van der Waals surface area contributed by atoms with E-state index in [2.05, 4.69) is 20.3 Å². The summed E-state index contributed by atoms with van der Waals surface area (Å²) in [5.74, 6) is 0.849. The van der Waals surface area contributed by atoms with Crippen molar-refractivity contribution in [3.05, 3.63) is 53.2 Å². The minimum absolute atomic E-state index is 0.0150. The number of hydrogen-bond acceptors (Lipinski definition) is 7. The highest BCUT2D eigenvalue weighted by Gasteiger charge is 2.32. The average molecular weight is 431 g/mol. The highest BCUT2D eigenvalue weighted by molar-refractivity contribution is 7.15. The lowest BCUT2D eigenvalue weighted by molar-refractivity contribution is 0.151. The molecule has 30 heavy (non-hydrogen) atoms. The summed E-state index contributed by atoms with van der Waals surface area (Å²) in [5.41, 5.74) is 0.765. The number of cyclic esters (lactones) is 1. The smallest absolute Gasteiger partial charge is 0.415 e. The van der Waals surface area contributed by atoms with Crippen LogP contribution in [0, 0.1) is 0 Å². The first-order valence-electron chi connectivity index (χ1n) is 9.32. The lowest BCUT2D eigenvalue weighted by Gasteiger charge is -2.18. The SMILES string of the molecule is C[C@H](Nc1nccc(N2C(=O)OC[C@@H]2C)n1)c1cnc(-c2ccc(C(F)F)cc2)s1. The predicted molar refractivity (Wildman–Crippen MR) is 110 cm³/mol. The molecule has 4 rings (SSSR count). The molecule has 0 radical (unpaired) electrons. The van der Waals surface area contributed by atoms with Gasteiger partial charge in [0.05, 0.1) is 12.1 Å². The molecule has 3 aromatic rings. The van der Waals surface area contributed by atoms with Gasteiger partial charge in [-0.05, 0) is 19.9 Å². The van der Waals surface area contributed by atoms with Gasteiger partial charge >= 0.3 is 6.09 Å². The van der Waals surface area contributed by atoms with Gasteiger partial charge in [0, 0.05) is 28.4 Å². The number of carbonyl (C=O) groups excluding carboxylic acids is 1. The second kappa shape index (κ2) is 8.31.